The minimum Gasteiger partial charge on any atom is -0.370 e. The zero-order valence-electron chi connectivity index (χ0n) is 8.06. The van der Waals surface area contributed by atoms with Crippen LogP contribution in [0.2, 0.25) is 0 Å². The maximum Gasteiger partial charge on any atom is 0.233 e. The second-order valence-corrected chi connectivity index (χ2v) is 5.01. The Hall–Kier alpha value is -0.580. The van der Waals surface area contributed by atoms with Crippen molar-refractivity contribution in [1.82, 2.24) is 5.32 Å². The van der Waals surface area contributed by atoms with E-state index in [1.54, 1.807) is 20.8 Å². The number of nitrogens with one attached hydrogen (secondary N) is 1. The van der Waals surface area contributed by atoms with Crippen molar-refractivity contribution in [2.75, 3.05) is 0 Å². The van der Waals surface area contributed by atoms with E-state index in [0.29, 0.717) is 0 Å². The lowest BCUT2D eigenvalue weighted by Gasteiger charge is -2.25. The molecule has 0 rings (SSSR count). The van der Waals surface area contributed by atoms with Crippen molar-refractivity contribution in [2.45, 2.75) is 37.6 Å². The van der Waals surface area contributed by atoms with Crippen LogP contribution in [0.25, 0.3) is 0 Å². The second-order valence-electron chi connectivity index (χ2n) is 3.63. The van der Waals surface area contributed by atoms with Crippen molar-refractivity contribution in [1.29, 1.82) is 0 Å². The quantitative estimate of drug-likeness (QED) is 0.716. The molecule has 1 atom stereocenters. The van der Waals surface area contributed by atoms with Gasteiger partial charge in [-0.3, -0.25) is 9.59 Å². The molecule has 3 N–H and O–H groups in total. The molecule has 0 aromatic carbocycles. The number of nitrogens with two attached hydrogens (primary N) is 1. The highest BCUT2D eigenvalue weighted by atomic mass is 79.9. The van der Waals surface area contributed by atoms with Gasteiger partial charge < -0.3 is 11.1 Å². The Balaban J connectivity index is 4.16. The molecule has 0 spiro atoms. The summed E-state index contributed by atoms with van der Waals surface area (Å²) < 4.78 is 0. The van der Waals surface area contributed by atoms with Crippen molar-refractivity contribution in [3.05, 3.63) is 0 Å². The van der Waals surface area contributed by atoms with Crippen LogP contribution >= 0.6 is 15.9 Å². The third kappa shape index (κ3) is 5.63. The molecule has 0 radical (unpaired) electrons. The van der Waals surface area contributed by atoms with Gasteiger partial charge in [-0.15, -0.1) is 0 Å². The minimum absolute atomic E-state index is 0.137. The molecule has 4 nitrogen and oxygen atoms in total. The Bertz CT molecular complexity index is 214. The molecule has 0 aliphatic rings. The maximum absolute atomic E-state index is 11.2. The topological polar surface area (TPSA) is 72.2 Å². The highest BCUT2D eigenvalue weighted by Crippen LogP contribution is 2.09. The molecule has 0 aliphatic carbocycles. The number of amides is 2. The fourth-order valence-corrected chi connectivity index (χ4v) is 1.03. The Morgan fingerprint density at radius 1 is 1.54 bits per heavy atom. The van der Waals surface area contributed by atoms with Gasteiger partial charge in [-0.25, -0.2) is 0 Å². The molecule has 0 aromatic heterocycles. The molecule has 0 aromatic rings. The van der Waals surface area contributed by atoms with Crippen LogP contribution in [0.5, 0.6) is 0 Å². The lowest BCUT2D eigenvalue weighted by molar-refractivity contribution is -0.123. The molecule has 0 aliphatic heterocycles. The fourth-order valence-electron chi connectivity index (χ4n) is 0.913. The predicted octanol–water partition coefficient (Wildman–Crippen LogP) is 0.540. The summed E-state index contributed by atoms with van der Waals surface area (Å²) in [7, 11) is 0. The van der Waals surface area contributed by atoms with Crippen LogP contribution in [0.3, 0.4) is 0 Å². The summed E-state index contributed by atoms with van der Waals surface area (Å²) in [6, 6.07) is 0. The Kier molecular flexibility index (Phi) is 4.39. The molecular weight excluding hydrogens is 236 g/mol. The molecule has 0 saturated heterocycles. The Morgan fingerprint density at radius 3 is 2.31 bits per heavy atom. The molecule has 2 amide bonds. The van der Waals surface area contributed by atoms with E-state index in [0.717, 1.165) is 0 Å². The first kappa shape index (κ1) is 12.4. The van der Waals surface area contributed by atoms with Crippen molar-refractivity contribution in [2.24, 2.45) is 5.73 Å². The van der Waals surface area contributed by atoms with E-state index >= 15 is 0 Å². The molecule has 0 bridgehead atoms. The summed E-state index contributed by atoms with van der Waals surface area (Å²) in [5, 5.41) is 2.70. The third-order valence-electron chi connectivity index (χ3n) is 1.44. The third-order valence-corrected chi connectivity index (χ3v) is 1.85. The molecule has 0 heterocycles. The van der Waals surface area contributed by atoms with Gasteiger partial charge in [-0.05, 0) is 20.8 Å². The van der Waals surface area contributed by atoms with Gasteiger partial charge in [0.05, 0.1) is 4.83 Å². The van der Waals surface area contributed by atoms with Crippen molar-refractivity contribution in [3.8, 4) is 0 Å². The molecule has 5 heteroatoms. The number of primary amides is 1. The van der Waals surface area contributed by atoms with Crippen LogP contribution in [0, 0.1) is 0 Å². The van der Waals surface area contributed by atoms with Gasteiger partial charge in [0.1, 0.15) is 0 Å². The van der Waals surface area contributed by atoms with Gasteiger partial charge >= 0.3 is 0 Å². The first-order valence-corrected chi connectivity index (χ1v) is 4.90. The van der Waals surface area contributed by atoms with E-state index in [1.165, 1.54) is 0 Å². The van der Waals surface area contributed by atoms with Crippen molar-refractivity contribution < 1.29 is 9.59 Å². The second kappa shape index (κ2) is 4.60. The zero-order valence-corrected chi connectivity index (χ0v) is 9.64. The number of carbonyl (C=O) groups is 2. The van der Waals surface area contributed by atoms with Crippen LogP contribution in [0.1, 0.15) is 27.2 Å². The largest absolute Gasteiger partial charge is 0.370 e. The molecular formula is C8H15BrN2O2. The van der Waals surface area contributed by atoms with E-state index in [1.807, 2.05) is 0 Å². The predicted molar refractivity (Wildman–Crippen MR) is 54.4 cm³/mol. The molecule has 0 saturated carbocycles. The van der Waals surface area contributed by atoms with Gasteiger partial charge in [-0.2, -0.15) is 0 Å². The van der Waals surface area contributed by atoms with Gasteiger partial charge in [0.2, 0.25) is 11.8 Å². The van der Waals surface area contributed by atoms with Crippen LogP contribution in [0.4, 0.5) is 0 Å². The number of hydrogen-bond donors (Lipinski definition) is 2. The van der Waals surface area contributed by atoms with Crippen molar-refractivity contribution >= 4 is 27.7 Å². The van der Waals surface area contributed by atoms with E-state index in [4.69, 9.17) is 5.73 Å². The Labute approximate surface area is 86.4 Å². The lowest BCUT2D eigenvalue weighted by Crippen LogP contribution is -2.48. The first-order valence-electron chi connectivity index (χ1n) is 3.99. The molecule has 13 heavy (non-hydrogen) atoms. The van der Waals surface area contributed by atoms with Gasteiger partial charge in [0.15, 0.2) is 0 Å². The van der Waals surface area contributed by atoms with Crippen LogP contribution in [0.15, 0.2) is 0 Å². The highest BCUT2D eigenvalue weighted by Gasteiger charge is 2.24. The summed E-state index contributed by atoms with van der Waals surface area (Å²) in [5.41, 5.74) is 4.45. The average Bonchev–Trinajstić information content (AvgIpc) is 1.81. The fraction of sp³-hybridized carbons (Fsp3) is 0.750. The normalized spacial score (nSPS) is 13.5. The minimum atomic E-state index is -0.578. The highest BCUT2D eigenvalue weighted by molar-refractivity contribution is 9.10. The van der Waals surface area contributed by atoms with E-state index in [2.05, 4.69) is 21.2 Å². The summed E-state index contributed by atoms with van der Waals surface area (Å²) in [6.45, 7) is 5.23. The number of carbonyl (C=O) groups excluding carboxylic acids is 2. The zero-order chi connectivity index (χ0) is 10.6. The first-order chi connectivity index (χ1) is 5.74. The number of alkyl halides is 1. The average molecular weight is 251 g/mol. The lowest BCUT2D eigenvalue weighted by atomic mass is 10.0. The Morgan fingerprint density at radius 2 is 2.00 bits per heavy atom. The molecule has 0 fully saturated rings. The van der Waals surface area contributed by atoms with Gasteiger partial charge in [0, 0.05) is 12.0 Å². The van der Waals surface area contributed by atoms with Gasteiger partial charge in [0.25, 0.3) is 0 Å². The summed E-state index contributed by atoms with van der Waals surface area (Å²) in [5.74, 6) is -0.571. The summed E-state index contributed by atoms with van der Waals surface area (Å²) in [4.78, 5) is 21.6. The molecule has 76 valence electrons. The standard InChI is InChI=1S/C8H15BrN2O2/c1-5(9)7(13)11-8(2,3)4-6(10)12/h5H,4H2,1-3H3,(H2,10,12)(H,11,13). The van der Waals surface area contributed by atoms with E-state index in [9.17, 15) is 9.59 Å². The number of hydrogen-bond acceptors (Lipinski definition) is 2. The number of halogens is 1. The smallest absolute Gasteiger partial charge is 0.233 e. The van der Waals surface area contributed by atoms with Crippen LogP contribution in [-0.4, -0.2) is 22.2 Å². The summed E-state index contributed by atoms with van der Waals surface area (Å²) in [6.07, 6.45) is 0.137. The molecule has 1 unspecified atom stereocenters. The van der Waals surface area contributed by atoms with Gasteiger partial charge in [-0.1, -0.05) is 15.9 Å². The summed E-state index contributed by atoms with van der Waals surface area (Å²) >= 11 is 3.13. The van der Waals surface area contributed by atoms with E-state index in [-0.39, 0.29) is 17.2 Å². The van der Waals surface area contributed by atoms with Crippen molar-refractivity contribution in [3.63, 3.8) is 0 Å². The van der Waals surface area contributed by atoms with E-state index < -0.39 is 11.4 Å². The maximum atomic E-state index is 11.2. The monoisotopic (exact) mass is 250 g/mol. The van der Waals surface area contributed by atoms with Crippen LogP contribution in [-0.2, 0) is 9.59 Å². The SMILES string of the molecule is CC(Br)C(=O)NC(C)(C)CC(N)=O. The van der Waals surface area contributed by atoms with Crippen LogP contribution < -0.4 is 11.1 Å². The number of rotatable bonds is 4.